The number of rotatable bonds is 4. The van der Waals surface area contributed by atoms with Gasteiger partial charge in [-0.1, -0.05) is 11.6 Å². The highest BCUT2D eigenvalue weighted by atomic mass is 35.5. The summed E-state index contributed by atoms with van der Waals surface area (Å²) < 4.78 is 0. The third kappa shape index (κ3) is 3.51. The lowest BCUT2D eigenvalue weighted by atomic mass is 10.1. The van der Waals surface area contributed by atoms with Gasteiger partial charge in [0.25, 0.3) is 11.6 Å². The molecule has 0 atom stereocenters. The van der Waals surface area contributed by atoms with Crippen LogP contribution in [0.4, 0.5) is 5.69 Å². The molecule has 108 valence electrons. The minimum absolute atomic E-state index is 0.0193. The normalized spacial score (nSPS) is 10.2. The second-order valence-corrected chi connectivity index (χ2v) is 4.65. The maximum Gasteiger partial charge on any atom is 0.300 e. The molecule has 1 N–H and O–H groups in total. The molecule has 7 nitrogen and oxygen atoms in total. The molecule has 8 heteroatoms. The summed E-state index contributed by atoms with van der Waals surface area (Å²) in [6.07, 6.45) is 4.25. The monoisotopic (exact) mass is 306 g/mol. The fourth-order valence-corrected chi connectivity index (χ4v) is 1.88. The first-order valence-electron chi connectivity index (χ1n) is 5.96. The Bertz CT molecular complexity index is 706. The Kier molecular flexibility index (Phi) is 4.44. The van der Waals surface area contributed by atoms with Crippen LogP contribution in [0.25, 0.3) is 0 Å². The highest BCUT2D eigenvalue weighted by Crippen LogP contribution is 2.20. The van der Waals surface area contributed by atoms with E-state index in [-0.39, 0.29) is 22.9 Å². The molecule has 2 heterocycles. The van der Waals surface area contributed by atoms with Crippen molar-refractivity contribution >= 4 is 23.2 Å². The number of hydrogen-bond donors (Lipinski definition) is 1. The van der Waals surface area contributed by atoms with E-state index in [1.54, 1.807) is 18.5 Å². The van der Waals surface area contributed by atoms with Crippen LogP contribution >= 0.6 is 11.6 Å². The topological polar surface area (TPSA) is 98.0 Å². The second kappa shape index (κ2) is 6.27. The molecule has 0 radical (unpaired) electrons. The largest absolute Gasteiger partial charge is 0.348 e. The van der Waals surface area contributed by atoms with Crippen LogP contribution in [0, 0.1) is 17.0 Å². The van der Waals surface area contributed by atoms with Crippen LogP contribution in [0.3, 0.4) is 0 Å². The number of halogens is 1. The van der Waals surface area contributed by atoms with Gasteiger partial charge in [-0.25, -0.2) is 4.98 Å². The molecule has 0 saturated carbocycles. The zero-order valence-electron chi connectivity index (χ0n) is 11.0. The number of amides is 1. The molecule has 0 aromatic carbocycles. The van der Waals surface area contributed by atoms with E-state index in [1.165, 1.54) is 6.07 Å². The average Bonchev–Trinajstić information content (AvgIpc) is 2.45. The first-order chi connectivity index (χ1) is 9.99. The Morgan fingerprint density at radius 3 is 2.90 bits per heavy atom. The lowest BCUT2D eigenvalue weighted by Crippen LogP contribution is -2.24. The van der Waals surface area contributed by atoms with Crippen LogP contribution in [-0.2, 0) is 6.54 Å². The van der Waals surface area contributed by atoms with Crippen molar-refractivity contribution in [3.63, 3.8) is 0 Å². The Labute approximate surface area is 125 Å². The van der Waals surface area contributed by atoms with Crippen molar-refractivity contribution < 1.29 is 9.72 Å². The van der Waals surface area contributed by atoms with Crippen molar-refractivity contribution in [1.82, 2.24) is 15.3 Å². The van der Waals surface area contributed by atoms with E-state index >= 15 is 0 Å². The molecule has 21 heavy (non-hydrogen) atoms. The predicted octanol–water partition coefficient (Wildman–Crippen LogP) is 2.28. The number of carbonyl (C=O) groups excluding carboxylic acids is 1. The van der Waals surface area contributed by atoms with E-state index in [2.05, 4.69) is 15.3 Å². The van der Waals surface area contributed by atoms with E-state index in [4.69, 9.17) is 11.6 Å². The van der Waals surface area contributed by atoms with Crippen LogP contribution in [0.15, 0.2) is 30.7 Å². The smallest absolute Gasteiger partial charge is 0.300 e. The van der Waals surface area contributed by atoms with Gasteiger partial charge in [-0.15, -0.1) is 0 Å². The zero-order chi connectivity index (χ0) is 15.4. The van der Waals surface area contributed by atoms with Crippen LogP contribution in [0.2, 0.25) is 5.15 Å². The maximum atomic E-state index is 12.1. The standard InChI is InChI=1S/C13H11ClN4O3/c1-8-5-15-3-2-9(8)6-17-13(19)10-4-12(14)16-7-11(10)18(20)21/h2-5,7H,6H2,1H3,(H,17,19). The molecule has 0 aliphatic heterocycles. The summed E-state index contributed by atoms with van der Waals surface area (Å²) in [5.74, 6) is -0.581. The average molecular weight is 307 g/mol. The quantitative estimate of drug-likeness (QED) is 0.531. The number of aromatic nitrogens is 2. The van der Waals surface area contributed by atoms with Crippen LogP contribution in [0.1, 0.15) is 21.5 Å². The summed E-state index contributed by atoms with van der Waals surface area (Å²) >= 11 is 5.69. The molecular weight excluding hydrogens is 296 g/mol. The van der Waals surface area contributed by atoms with Gasteiger partial charge in [-0.2, -0.15) is 0 Å². The van der Waals surface area contributed by atoms with Crippen molar-refractivity contribution in [2.75, 3.05) is 0 Å². The highest BCUT2D eigenvalue weighted by Gasteiger charge is 2.21. The van der Waals surface area contributed by atoms with Gasteiger partial charge >= 0.3 is 0 Å². The van der Waals surface area contributed by atoms with Crippen molar-refractivity contribution in [1.29, 1.82) is 0 Å². The third-order valence-electron chi connectivity index (χ3n) is 2.87. The summed E-state index contributed by atoms with van der Waals surface area (Å²) in [6, 6.07) is 2.94. The highest BCUT2D eigenvalue weighted by molar-refractivity contribution is 6.29. The minimum atomic E-state index is -0.671. The first-order valence-corrected chi connectivity index (χ1v) is 6.34. The summed E-state index contributed by atoms with van der Waals surface area (Å²) in [4.78, 5) is 29.9. The van der Waals surface area contributed by atoms with Gasteiger partial charge in [0.1, 0.15) is 16.9 Å². The number of pyridine rings is 2. The number of nitrogens with zero attached hydrogens (tertiary/aromatic N) is 3. The molecule has 0 spiro atoms. The van der Waals surface area contributed by atoms with E-state index in [0.29, 0.717) is 0 Å². The summed E-state index contributed by atoms with van der Waals surface area (Å²) in [7, 11) is 0. The fraction of sp³-hybridized carbons (Fsp3) is 0.154. The van der Waals surface area contributed by atoms with E-state index in [0.717, 1.165) is 17.3 Å². The van der Waals surface area contributed by atoms with Gasteiger partial charge in [0, 0.05) is 18.9 Å². The number of nitro groups is 1. The van der Waals surface area contributed by atoms with Gasteiger partial charge in [0.15, 0.2) is 0 Å². The fourth-order valence-electron chi connectivity index (χ4n) is 1.72. The third-order valence-corrected chi connectivity index (χ3v) is 3.07. The molecule has 0 fully saturated rings. The Morgan fingerprint density at radius 1 is 1.48 bits per heavy atom. The number of carbonyl (C=O) groups is 1. The van der Waals surface area contributed by atoms with Gasteiger partial charge in [0.05, 0.1) is 4.92 Å². The Balaban J connectivity index is 2.19. The minimum Gasteiger partial charge on any atom is -0.348 e. The van der Waals surface area contributed by atoms with Gasteiger partial charge < -0.3 is 5.32 Å². The molecule has 1 amide bonds. The molecule has 2 rings (SSSR count). The molecule has 0 unspecified atom stereocenters. The number of hydrogen-bond acceptors (Lipinski definition) is 5. The summed E-state index contributed by atoms with van der Waals surface area (Å²) in [5.41, 5.74) is 1.29. The van der Waals surface area contributed by atoms with Crippen LogP contribution in [0.5, 0.6) is 0 Å². The van der Waals surface area contributed by atoms with Gasteiger partial charge in [-0.3, -0.25) is 19.9 Å². The first kappa shape index (κ1) is 14.9. The second-order valence-electron chi connectivity index (χ2n) is 4.27. The van der Waals surface area contributed by atoms with Crippen molar-refractivity contribution in [2.24, 2.45) is 0 Å². The lowest BCUT2D eigenvalue weighted by molar-refractivity contribution is -0.385. The van der Waals surface area contributed by atoms with E-state index in [1.807, 2.05) is 6.92 Å². The Hall–Kier alpha value is -2.54. The molecule has 0 saturated heterocycles. The molecule has 2 aromatic heterocycles. The van der Waals surface area contributed by atoms with E-state index in [9.17, 15) is 14.9 Å². The SMILES string of the molecule is Cc1cnccc1CNC(=O)c1cc(Cl)ncc1[N+](=O)[O-]. The zero-order valence-corrected chi connectivity index (χ0v) is 11.8. The molecule has 0 aliphatic carbocycles. The number of nitrogens with one attached hydrogen (secondary N) is 1. The Morgan fingerprint density at radius 2 is 2.24 bits per heavy atom. The molecule has 2 aromatic rings. The number of aryl methyl sites for hydroxylation is 1. The molecule has 0 aliphatic rings. The predicted molar refractivity (Wildman–Crippen MR) is 76.0 cm³/mol. The van der Waals surface area contributed by atoms with Crippen molar-refractivity contribution in [2.45, 2.75) is 13.5 Å². The van der Waals surface area contributed by atoms with E-state index < -0.39 is 10.8 Å². The summed E-state index contributed by atoms with van der Waals surface area (Å²) in [6.45, 7) is 2.10. The van der Waals surface area contributed by atoms with Gasteiger partial charge in [0.2, 0.25) is 0 Å². The van der Waals surface area contributed by atoms with Crippen LogP contribution in [-0.4, -0.2) is 20.8 Å². The van der Waals surface area contributed by atoms with Crippen LogP contribution < -0.4 is 5.32 Å². The molecule has 0 bridgehead atoms. The molecular formula is C13H11ClN4O3. The van der Waals surface area contributed by atoms with Crippen molar-refractivity contribution in [3.05, 3.63) is 62.7 Å². The lowest BCUT2D eigenvalue weighted by Gasteiger charge is -2.08. The van der Waals surface area contributed by atoms with Crippen molar-refractivity contribution in [3.8, 4) is 0 Å². The maximum absolute atomic E-state index is 12.1. The summed E-state index contributed by atoms with van der Waals surface area (Å²) in [5, 5.41) is 13.5. The van der Waals surface area contributed by atoms with Gasteiger partial charge in [-0.05, 0) is 30.2 Å².